The number of nitrogens with zero attached hydrogens (tertiary/aromatic N) is 1. The van der Waals surface area contributed by atoms with Crippen LogP contribution in [0.25, 0.3) is 5.57 Å². The highest BCUT2D eigenvalue weighted by molar-refractivity contribution is 6.06. The number of dihydropyridines is 1. The summed E-state index contributed by atoms with van der Waals surface area (Å²) in [6.45, 7) is 0. The number of aliphatic carboxylic acids is 1. The van der Waals surface area contributed by atoms with Crippen molar-refractivity contribution in [3.05, 3.63) is 58.9 Å². The van der Waals surface area contributed by atoms with E-state index >= 15 is 0 Å². The second-order valence-electron chi connectivity index (χ2n) is 3.77. The van der Waals surface area contributed by atoms with Crippen LogP contribution >= 0.6 is 0 Å². The number of hydrogen-bond acceptors (Lipinski definition) is 4. The largest absolute Gasteiger partial charge is 0.478 e. The summed E-state index contributed by atoms with van der Waals surface area (Å²) >= 11 is 0. The summed E-state index contributed by atoms with van der Waals surface area (Å²) < 4.78 is 0. The Morgan fingerprint density at radius 3 is 2.79 bits per heavy atom. The van der Waals surface area contributed by atoms with Gasteiger partial charge in [0.2, 0.25) is 0 Å². The second kappa shape index (κ2) is 5.05. The molecule has 0 fully saturated rings. The van der Waals surface area contributed by atoms with Crippen LogP contribution in [0.5, 0.6) is 0 Å². The van der Waals surface area contributed by atoms with Crippen molar-refractivity contribution in [2.45, 2.75) is 0 Å². The Hall–Kier alpha value is -3.09. The Bertz CT molecular complexity index is 702. The lowest BCUT2D eigenvalue weighted by atomic mass is 9.94. The summed E-state index contributed by atoms with van der Waals surface area (Å²) in [5.74, 6) is 0.549. The van der Waals surface area contributed by atoms with Gasteiger partial charge in [-0.15, -0.1) is 0 Å². The van der Waals surface area contributed by atoms with Gasteiger partial charge in [-0.25, -0.2) is 9.59 Å². The van der Waals surface area contributed by atoms with Crippen molar-refractivity contribution >= 4 is 17.5 Å². The van der Waals surface area contributed by atoms with E-state index in [0.29, 0.717) is 16.7 Å². The quantitative estimate of drug-likeness (QED) is 0.772. The van der Waals surface area contributed by atoms with Crippen LogP contribution in [0.3, 0.4) is 0 Å². The zero-order valence-corrected chi connectivity index (χ0v) is 9.68. The van der Waals surface area contributed by atoms with Crippen LogP contribution in [-0.4, -0.2) is 17.0 Å². The molecule has 0 spiro atoms. The molecular formula is C14H8N2O3. The van der Waals surface area contributed by atoms with E-state index in [-0.39, 0.29) is 11.3 Å². The van der Waals surface area contributed by atoms with Gasteiger partial charge in [-0.1, -0.05) is 12.1 Å². The monoisotopic (exact) mass is 252 g/mol. The molecule has 0 aliphatic carbocycles. The molecule has 0 radical (unpaired) electrons. The number of rotatable bonds is 2. The Labute approximate surface area is 108 Å². The molecule has 2 rings (SSSR count). The maximum absolute atomic E-state index is 11.2. The van der Waals surface area contributed by atoms with Crippen molar-refractivity contribution in [3.8, 4) is 6.07 Å². The van der Waals surface area contributed by atoms with E-state index in [1.165, 1.54) is 12.3 Å². The van der Waals surface area contributed by atoms with Gasteiger partial charge in [-0.3, -0.25) is 0 Å². The molecule has 1 aromatic rings. The topological polar surface area (TPSA) is 90.2 Å². The zero-order valence-electron chi connectivity index (χ0n) is 9.68. The summed E-state index contributed by atoms with van der Waals surface area (Å²) in [6, 6.07) is 8.50. The molecule has 1 aliphatic heterocycles. The molecule has 0 atom stereocenters. The predicted molar refractivity (Wildman–Crippen MR) is 67.2 cm³/mol. The first-order valence-electron chi connectivity index (χ1n) is 5.33. The Morgan fingerprint density at radius 1 is 1.37 bits per heavy atom. The Morgan fingerprint density at radius 2 is 2.16 bits per heavy atom. The Kier molecular flexibility index (Phi) is 3.29. The average Bonchev–Trinajstić information content (AvgIpc) is 2.46. The van der Waals surface area contributed by atoms with Gasteiger partial charge >= 0.3 is 5.97 Å². The van der Waals surface area contributed by atoms with Crippen LogP contribution in [0.4, 0.5) is 0 Å². The fourth-order valence-electron chi connectivity index (χ4n) is 1.72. The summed E-state index contributed by atoms with van der Waals surface area (Å²) in [7, 11) is 0. The standard InChI is InChI=1S/C14H8N2O3/c15-6-9-2-1-3-10(4-9)12-5-11(8-17)16-7-13(12)14(18)19/h1-5,7,16H,(H,18,19). The van der Waals surface area contributed by atoms with Crippen molar-refractivity contribution in [1.82, 2.24) is 5.32 Å². The maximum atomic E-state index is 11.2. The molecule has 0 amide bonds. The number of benzene rings is 1. The van der Waals surface area contributed by atoms with Gasteiger partial charge < -0.3 is 10.4 Å². The van der Waals surface area contributed by atoms with Gasteiger partial charge in [0.05, 0.1) is 17.2 Å². The van der Waals surface area contributed by atoms with Crippen LogP contribution in [0.2, 0.25) is 0 Å². The van der Waals surface area contributed by atoms with E-state index in [4.69, 9.17) is 10.4 Å². The maximum Gasteiger partial charge on any atom is 0.337 e. The van der Waals surface area contributed by atoms with E-state index < -0.39 is 5.97 Å². The lowest BCUT2D eigenvalue weighted by Crippen LogP contribution is -2.16. The molecule has 2 N–H and O–H groups in total. The summed E-state index contributed by atoms with van der Waals surface area (Å²) in [4.78, 5) is 21.8. The number of carbonyl (C=O) groups is 1. The number of carboxylic acid groups (broad SMARTS) is 1. The minimum Gasteiger partial charge on any atom is -0.478 e. The van der Waals surface area contributed by atoms with Crippen LogP contribution in [-0.2, 0) is 9.59 Å². The van der Waals surface area contributed by atoms with Crippen molar-refractivity contribution < 1.29 is 14.7 Å². The Balaban J connectivity index is 2.58. The predicted octanol–water partition coefficient (Wildman–Crippen LogP) is 1.23. The number of nitriles is 1. The minimum absolute atomic E-state index is 0.0223. The van der Waals surface area contributed by atoms with Gasteiger partial charge in [0.25, 0.3) is 0 Å². The first kappa shape index (κ1) is 12.4. The van der Waals surface area contributed by atoms with Gasteiger partial charge in [0, 0.05) is 11.8 Å². The third kappa shape index (κ3) is 2.44. The van der Waals surface area contributed by atoms with Crippen LogP contribution in [0.1, 0.15) is 11.1 Å². The molecule has 92 valence electrons. The molecule has 0 unspecified atom stereocenters. The highest BCUT2D eigenvalue weighted by atomic mass is 16.4. The van der Waals surface area contributed by atoms with E-state index in [1.807, 2.05) is 6.07 Å². The molecule has 1 aliphatic rings. The number of carbonyl (C=O) groups excluding carboxylic acids is 1. The minimum atomic E-state index is -1.12. The number of allylic oxidation sites excluding steroid dienone is 1. The fourth-order valence-corrected chi connectivity index (χ4v) is 1.72. The summed E-state index contributed by atoms with van der Waals surface area (Å²) in [5.41, 5.74) is 1.50. The van der Waals surface area contributed by atoms with E-state index in [0.717, 1.165) is 0 Å². The van der Waals surface area contributed by atoms with E-state index in [2.05, 4.69) is 5.32 Å². The molecular weight excluding hydrogens is 244 g/mol. The summed E-state index contributed by atoms with van der Waals surface area (Å²) in [5, 5.41) is 20.5. The third-order valence-electron chi connectivity index (χ3n) is 2.59. The lowest BCUT2D eigenvalue weighted by Gasteiger charge is -2.14. The molecule has 0 bridgehead atoms. The molecule has 5 heteroatoms. The van der Waals surface area contributed by atoms with Gasteiger partial charge in [-0.2, -0.15) is 5.26 Å². The van der Waals surface area contributed by atoms with Crippen LogP contribution < -0.4 is 5.32 Å². The number of nitrogens with one attached hydrogen (secondary N) is 1. The molecule has 0 saturated carbocycles. The molecule has 1 aromatic carbocycles. The number of hydrogen-bond donors (Lipinski definition) is 2. The SMILES string of the molecule is N#Cc1cccc(C2=CC(=C=O)NC=C2C(=O)O)c1. The molecule has 0 aromatic heterocycles. The highest BCUT2D eigenvalue weighted by Crippen LogP contribution is 2.27. The first-order chi connectivity index (χ1) is 9.15. The van der Waals surface area contributed by atoms with Gasteiger partial charge in [0.15, 0.2) is 5.94 Å². The fraction of sp³-hybridized carbons (Fsp3) is 0. The highest BCUT2D eigenvalue weighted by Gasteiger charge is 2.19. The van der Waals surface area contributed by atoms with Gasteiger partial charge in [0.1, 0.15) is 5.70 Å². The number of carboxylic acids is 1. The molecule has 19 heavy (non-hydrogen) atoms. The van der Waals surface area contributed by atoms with Crippen molar-refractivity contribution in [1.29, 1.82) is 5.26 Å². The lowest BCUT2D eigenvalue weighted by molar-refractivity contribution is -0.132. The first-order valence-corrected chi connectivity index (χ1v) is 5.33. The normalized spacial score (nSPS) is 13.5. The van der Waals surface area contributed by atoms with E-state index in [1.54, 1.807) is 30.2 Å². The molecule has 5 nitrogen and oxygen atoms in total. The van der Waals surface area contributed by atoms with Gasteiger partial charge in [-0.05, 0) is 23.8 Å². The molecule has 0 saturated heterocycles. The second-order valence-corrected chi connectivity index (χ2v) is 3.77. The smallest absolute Gasteiger partial charge is 0.337 e. The summed E-state index contributed by atoms with van der Waals surface area (Å²) in [6.07, 6.45) is 2.63. The van der Waals surface area contributed by atoms with Crippen LogP contribution in [0, 0.1) is 11.3 Å². The molecule has 1 heterocycles. The third-order valence-corrected chi connectivity index (χ3v) is 2.59. The van der Waals surface area contributed by atoms with Crippen molar-refractivity contribution in [2.24, 2.45) is 0 Å². The average molecular weight is 252 g/mol. The van der Waals surface area contributed by atoms with E-state index in [9.17, 15) is 9.59 Å². The van der Waals surface area contributed by atoms with Crippen LogP contribution in [0.15, 0.2) is 47.8 Å². The van der Waals surface area contributed by atoms with Crippen molar-refractivity contribution in [3.63, 3.8) is 0 Å². The van der Waals surface area contributed by atoms with Crippen molar-refractivity contribution in [2.75, 3.05) is 0 Å². The zero-order chi connectivity index (χ0) is 13.8.